The third kappa shape index (κ3) is 2.75. The van der Waals surface area contributed by atoms with Crippen molar-refractivity contribution in [1.82, 2.24) is 9.97 Å². The van der Waals surface area contributed by atoms with Gasteiger partial charge in [0, 0.05) is 6.07 Å². The molecule has 5 heteroatoms. The van der Waals surface area contributed by atoms with Gasteiger partial charge in [-0.1, -0.05) is 17.7 Å². The van der Waals surface area contributed by atoms with Crippen LogP contribution in [0.25, 0.3) is 0 Å². The molecule has 0 aliphatic heterocycles. The molecule has 1 aromatic carbocycles. The summed E-state index contributed by atoms with van der Waals surface area (Å²) in [6.45, 7) is 1.80. The van der Waals surface area contributed by atoms with Crippen LogP contribution in [0.1, 0.15) is 35.8 Å². The van der Waals surface area contributed by atoms with Crippen LogP contribution in [0.15, 0.2) is 24.3 Å². The third-order valence-electron chi connectivity index (χ3n) is 3.55. The van der Waals surface area contributed by atoms with Gasteiger partial charge in [0.05, 0.1) is 6.04 Å². The standard InChI is InChI=1S/C15H15ClFN3/c1-9-18-14(16)8-15(19-9)20-13-4-2-3-10-5-6-11(17)7-12(10)13/h5-8,13H,2-4H2,1H3,(H,18,19,20). The Kier molecular flexibility index (Phi) is 3.57. The van der Waals surface area contributed by atoms with Crippen LogP contribution < -0.4 is 5.32 Å². The van der Waals surface area contributed by atoms with Crippen molar-refractivity contribution < 1.29 is 4.39 Å². The van der Waals surface area contributed by atoms with Crippen molar-refractivity contribution >= 4 is 17.4 Å². The van der Waals surface area contributed by atoms with Crippen LogP contribution in [-0.2, 0) is 6.42 Å². The summed E-state index contributed by atoms with van der Waals surface area (Å²) in [5, 5.41) is 3.76. The number of benzene rings is 1. The van der Waals surface area contributed by atoms with E-state index in [1.807, 2.05) is 6.07 Å². The van der Waals surface area contributed by atoms with E-state index in [9.17, 15) is 4.39 Å². The van der Waals surface area contributed by atoms with Crippen molar-refractivity contribution in [2.24, 2.45) is 0 Å². The van der Waals surface area contributed by atoms with E-state index in [1.54, 1.807) is 19.1 Å². The van der Waals surface area contributed by atoms with Crippen LogP contribution in [0.2, 0.25) is 5.15 Å². The summed E-state index contributed by atoms with van der Waals surface area (Å²) in [4.78, 5) is 8.36. The number of nitrogens with one attached hydrogen (secondary N) is 1. The zero-order valence-electron chi connectivity index (χ0n) is 11.2. The first-order valence-electron chi connectivity index (χ1n) is 6.68. The summed E-state index contributed by atoms with van der Waals surface area (Å²) in [6, 6.07) is 6.77. The molecule has 0 saturated carbocycles. The van der Waals surface area contributed by atoms with Gasteiger partial charge in [0.15, 0.2) is 0 Å². The maximum Gasteiger partial charge on any atom is 0.134 e. The summed E-state index contributed by atoms with van der Waals surface area (Å²) < 4.78 is 13.5. The molecule has 104 valence electrons. The monoisotopic (exact) mass is 291 g/mol. The zero-order chi connectivity index (χ0) is 14.1. The lowest BCUT2D eigenvalue weighted by molar-refractivity contribution is 0.578. The molecule has 0 spiro atoms. The van der Waals surface area contributed by atoms with E-state index < -0.39 is 0 Å². The van der Waals surface area contributed by atoms with Crippen LogP contribution in [0.4, 0.5) is 10.2 Å². The van der Waals surface area contributed by atoms with E-state index in [0.717, 1.165) is 24.8 Å². The number of hydrogen-bond donors (Lipinski definition) is 1. The molecule has 1 heterocycles. The molecule has 1 aliphatic rings. The summed E-state index contributed by atoms with van der Waals surface area (Å²) >= 11 is 5.94. The van der Waals surface area contributed by atoms with Crippen molar-refractivity contribution in [3.05, 3.63) is 52.2 Å². The minimum absolute atomic E-state index is 0.0693. The first kappa shape index (κ1) is 13.3. The van der Waals surface area contributed by atoms with E-state index in [-0.39, 0.29) is 11.9 Å². The van der Waals surface area contributed by atoms with Gasteiger partial charge < -0.3 is 5.32 Å². The number of fused-ring (bicyclic) bond motifs is 1. The van der Waals surface area contributed by atoms with Gasteiger partial charge in [-0.25, -0.2) is 14.4 Å². The molecule has 0 radical (unpaired) electrons. The van der Waals surface area contributed by atoms with Crippen molar-refractivity contribution in [2.45, 2.75) is 32.2 Å². The molecule has 1 N–H and O–H groups in total. The molecular formula is C15H15ClFN3. The number of hydrogen-bond acceptors (Lipinski definition) is 3. The Morgan fingerprint density at radius 1 is 1.30 bits per heavy atom. The van der Waals surface area contributed by atoms with E-state index in [0.29, 0.717) is 16.8 Å². The van der Waals surface area contributed by atoms with Crippen LogP contribution in [0.3, 0.4) is 0 Å². The Morgan fingerprint density at radius 2 is 2.15 bits per heavy atom. The van der Waals surface area contributed by atoms with E-state index in [1.165, 1.54) is 11.6 Å². The van der Waals surface area contributed by atoms with Gasteiger partial charge in [-0.05, 0) is 49.4 Å². The maximum absolute atomic E-state index is 13.5. The van der Waals surface area contributed by atoms with Crippen LogP contribution in [-0.4, -0.2) is 9.97 Å². The van der Waals surface area contributed by atoms with Gasteiger partial charge in [-0.15, -0.1) is 0 Å². The first-order valence-corrected chi connectivity index (χ1v) is 7.05. The second kappa shape index (κ2) is 5.37. The Morgan fingerprint density at radius 3 is 2.95 bits per heavy atom. The van der Waals surface area contributed by atoms with Gasteiger partial charge in [-0.3, -0.25) is 0 Å². The molecule has 3 nitrogen and oxygen atoms in total. The zero-order valence-corrected chi connectivity index (χ0v) is 11.9. The van der Waals surface area contributed by atoms with Crippen LogP contribution >= 0.6 is 11.6 Å². The predicted molar refractivity (Wildman–Crippen MR) is 77.5 cm³/mol. The SMILES string of the molecule is Cc1nc(Cl)cc(NC2CCCc3ccc(F)cc32)n1. The highest BCUT2D eigenvalue weighted by Gasteiger charge is 2.21. The minimum Gasteiger partial charge on any atom is -0.363 e. The number of nitrogens with zero attached hydrogens (tertiary/aromatic N) is 2. The topological polar surface area (TPSA) is 37.8 Å². The Labute approximate surface area is 122 Å². The minimum atomic E-state index is -0.200. The molecule has 0 amide bonds. The Bertz CT molecular complexity index is 625. The second-order valence-electron chi connectivity index (χ2n) is 5.06. The van der Waals surface area contributed by atoms with Crippen molar-refractivity contribution in [3.8, 4) is 0 Å². The van der Waals surface area contributed by atoms with E-state index >= 15 is 0 Å². The molecule has 1 aromatic heterocycles. The molecule has 0 fully saturated rings. The fraction of sp³-hybridized carbons (Fsp3) is 0.333. The van der Waals surface area contributed by atoms with Gasteiger partial charge in [0.1, 0.15) is 22.6 Å². The smallest absolute Gasteiger partial charge is 0.134 e. The largest absolute Gasteiger partial charge is 0.363 e. The summed E-state index contributed by atoms with van der Waals surface area (Å²) in [6.07, 6.45) is 3.03. The molecule has 0 bridgehead atoms. The molecule has 0 saturated heterocycles. The number of aromatic nitrogens is 2. The summed E-state index contributed by atoms with van der Waals surface area (Å²) in [5.41, 5.74) is 2.22. The molecular weight excluding hydrogens is 277 g/mol. The quantitative estimate of drug-likeness (QED) is 0.848. The fourth-order valence-electron chi connectivity index (χ4n) is 2.70. The lowest BCUT2D eigenvalue weighted by Gasteiger charge is -2.27. The number of aryl methyl sites for hydroxylation is 2. The average molecular weight is 292 g/mol. The van der Waals surface area contributed by atoms with Crippen molar-refractivity contribution in [2.75, 3.05) is 5.32 Å². The second-order valence-corrected chi connectivity index (χ2v) is 5.44. The molecule has 20 heavy (non-hydrogen) atoms. The van der Waals surface area contributed by atoms with E-state index in [4.69, 9.17) is 11.6 Å². The molecule has 1 aliphatic carbocycles. The highest BCUT2D eigenvalue weighted by Crippen LogP contribution is 2.32. The van der Waals surface area contributed by atoms with Crippen molar-refractivity contribution in [3.63, 3.8) is 0 Å². The van der Waals surface area contributed by atoms with Crippen LogP contribution in [0, 0.1) is 12.7 Å². The Balaban J connectivity index is 1.91. The highest BCUT2D eigenvalue weighted by molar-refractivity contribution is 6.29. The first-order chi connectivity index (χ1) is 9.61. The van der Waals surface area contributed by atoms with Gasteiger partial charge in [0.25, 0.3) is 0 Å². The average Bonchev–Trinajstić information content (AvgIpc) is 2.38. The number of anilines is 1. The molecule has 1 unspecified atom stereocenters. The highest BCUT2D eigenvalue weighted by atomic mass is 35.5. The molecule has 2 aromatic rings. The van der Waals surface area contributed by atoms with Gasteiger partial charge in [-0.2, -0.15) is 0 Å². The predicted octanol–water partition coefficient (Wildman–Crippen LogP) is 4.07. The summed E-state index contributed by atoms with van der Waals surface area (Å²) in [7, 11) is 0. The maximum atomic E-state index is 13.5. The van der Waals surface area contributed by atoms with Crippen LogP contribution in [0.5, 0.6) is 0 Å². The van der Waals surface area contributed by atoms with E-state index in [2.05, 4.69) is 15.3 Å². The normalized spacial score (nSPS) is 17.6. The molecule has 3 rings (SSSR count). The number of halogens is 2. The van der Waals surface area contributed by atoms with Crippen molar-refractivity contribution in [1.29, 1.82) is 0 Å². The Hall–Kier alpha value is -1.68. The molecule has 1 atom stereocenters. The third-order valence-corrected chi connectivity index (χ3v) is 3.74. The summed E-state index contributed by atoms with van der Waals surface area (Å²) in [5.74, 6) is 1.11. The lowest BCUT2D eigenvalue weighted by atomic mass is 9.87. The lowest BCUT2D eigenvalue weighted by Crippen LogP contribution is -2.18. The fourth-order valence-corrected chi connectivity index (χ4v) is 2.93. The van der Waals surface area contributed by atoms with Gasteiger partial charge in [0.2, 0.25) is 0 Å². The van der Waals surface area contributed by atoms with Gasteiger partial charge >= 0.3 is 0 Å². The number of rotatable bonds is 2.